The largest absolute Gasteiger partial charge is 0.320 e. The van der Waals surface area contributed by atoms with Crippen LogP contribution >= 0.6 is 0 Å². The van der Waals surface area contributed by atoms with Gasteiger partial charge in [-0.3, -0.25) is 4.79 Å². The zero-order valence-electron chi connectivity index (χ0n) is 10.6. The predicted molar refractivity (Wildman–Crippen MR) is 67.3 cm³/mol. The standard InChI is InChI=1S/C13H18F2N2O/c1-3-9(2)7-16-8-12(18)17-13-10(14)5-4-6-11(13)15/h4-6,9,16H,3,7-8H2,1-2H3,(H,17,18). The number of nitrogens with one attached hydrogen (secondary N) is 2. The number of anilines is 1. The van der Waals surface area contributed by atoms with Gasteiger partial charge in [0, 0.05) is 0 Å². The number of para-hydroxylation sites is 1. The lowest BCUT2D eigenvalue weighted by Crippen LogP contribution is -2.31. The maximum Gasteiger partial charge on any atom is 0.238 e. The van der Waals surface area contributed by atoms with Gasteiger partial charge in [-0.15, -0.1) is 0 Å². The third-order valence-corrected chi connectivity index (χ3v) is 2.70. The molecule has 0 fully saturated rings. The maximum absolute atomic E-state index is 13.2. The summed E-state index contributed by atoms with van der Waals surface area (Å²) in [6, 6.07) is 3.46. The lowest BCUT2D eigenvalue weighted by molar-refractivity contribution is -0.115. The highest BCUT2D eigenvalue weighted by Crippen LogP contribution is 2.17. The average Bonchev–Trinajstić information content (AvgIpc) is 2.34. The summed E-state index contributed by atoms with van der Waals surface area (Å²) in [5.41, 5.74) is -0.396. The van der Waals surface area contributed by atoms with Crippen LogP contribution in [-0.2, 0) is 4.79 Å². The highest BCUT2D eigenvalue weighted by Gasteiger charge is 2.11. The first kappa shape index (κ1) is 14.6. The van der Waals surface area contributed by atoms with Crippen LogP contribution in [0.3, 0.4) is 0 Å². The second-order valence-electron chi connectivity index (χ2n) is 4.29. The van der Waals surface area contributed by atoms with Crippen molar-refractivity contribution < 1.29 is 13.6 Å². The average molecular weight is 256 g/mol. The zero-order chi connectivity index (χ0) is 13.5. The van der Waals surface area contributed by atoms with Gasteiger partial charge in [0.25, 0.3) is 0 Å². The summed E-state index contributed by atoms with van der Waals surface area (Å²) in [7, 11) is 0. The van der Waals surface area contributed by atoms with Crippen molar-refractivity contribution in [3.05, 3.63) is 29.8 Å². The molecule has 2 N–H and O–H groups in total. The molecule has 100 valence electrons. The van der Waals surface area contributed by atoms with Gasteiger partial charge in [-0.05, 0) is 24.6 Å². The highest BCUT2D eigenvalue weighted by atomic mass is 19.1. The van der Waals surface area contributed by atoms with Crippen LogP contribution in [0.4, 0.5) is 14.5 Å². The summed E-state index contributed by atoms with van der Waals surface area (Å²) in [5.74, 6) is -1.54. The van der Waals surface area contributed by atoms with Crippen LogP contribution in [0.5, 0.6) is 0 Å². The molecular formula is C13H18F2N2O. The quantitative estimate of drug-likeness (QED) is 0.821. The number of hydrogen-bond donors (Lipinski definition) is 2. The van der Waals surface area contributed by atoms with E-state index in [0.717, 1.165) is 18.6 Å². The van der Waals surface area contributed by atoms with Gasteiger partial charge < -0.3 is 10.6 Å². The minimum absolute atomic E-state index is 0.0398. The molecule has 1 aromatic carbocycles. The summed E-state index contributed by atoms with van der Waals surface area (Å²) in [6.45, 7) is 4.85. The number of carbonyl (C=O) groups excluding carboxylic acids is 1. The van der Waals surface area contributed by atoms with E-state index in [1.807, 2.05) is 0 Å². The molecule has 1 aromatic rings. The van der Waals surface area contributed by atoms with Crippen LogP contribution in [0.1, 0.15) is 20.3 Å². The van der Waals surface area contributed by atoms with Gasteiger partial charge in [0.05, 0.1) is 6.54 Å². The Balaban J connectivity index is 2.45. The molecule has 0 radical (unpaired) electrons. The molecule has 0 aromatic heterocycles. The minimum atomic E-state index is -0.773. The summed E-state index contributed by atoms with van der Waals surface area (Å²) in [4.78, 5) is 11.5. The predicted octanol–water partition coefficient (Wildman–Crippen LogP) is 2.54. The lowest BCUT2D eigenvalue weighted by atomic mass is 10.1. The summed E-state index contributed by atoms with van der Waals surface area (Å²) in [6.07, 6.45) is 1.01. The molecule has 1 atom stereocenters. The van der Waals surface area contributed by atoms with E-state index in [0.29, 0.717) is 12.5 Å². The second-order valence-corrected chi connectivity index (χ2v) is 4.29. The number of hydrogen-bond acceptors (Lipinski definition) is 2. The molecule has 1 amide bonds. The van der Waals surface area contributed by atoms with Gasteiger partial charge in [-0.25, -0.2) is 8.78 Å². The van der Waals surface area contributed by atoms with E-state index in [4.69, 9.17) is 0 Å². The van der Waals surface area contributed by atoms with E-state index in [1.165, 1.54) is 6.07 Å². The minimum Gasteiger partial charge on any atom is -0.320 e. The van der Waals surface area contributed by atoms with E-state index >= 15 is 0 Å². The number of carbonyl (C=O) groups is 1. The van der Waals surface area contributed by atoms with Crippen molar-refractivity contribution in [2.45, 2.75) is 20.3 Å². The van der Waals surface area contributed by atoms with Crippen molar-refractivity contribution in [1.29, 1.82) is 0 Å². The van der Waals surface area contributed by atoms with Crippen molar-refractivity contribution in [1.82, 2.24) is 5.32 Å². The number of rotatable bonds is 6. The normalized spacial score (nSPS) is 12.2. The molecule has 0 aliphatic carbocycles. The molecule has 0 saturated carbocycles. The van der Waals surface area contributed by atoms with E-state index in [2.05, 4.69) is 24.5 Å². The molecule has 0 spiro atoms. The Kier molecular flexibility index (Phi) is 5.71. The van der Waals surface area contributed by atoms with Crippen molar-refractivity contribution >= 4 is 11.6 Å². The first-order valence-electron chi connectivity index (χ1n) is 5.99. The van der Waals surface area contributed by atoms with Crippen molar-refractivity contribution in [3.63, 3.8) is 0 Å². The molecule has 0 aliphatic heterocycles. The summed E-state index contributed by atoms with van der Waals surface area (Å²) >= 11 is 0. The Labute approximate surface area is 106 Å². The number of amides is 1. The van der Waals surface area contributed by atoms with Crippen molar-refractivity contribution in [3.8, 4) is 0 Å². The SMILES string of the molecule is CCC(C)CNCC(=O)Nc1c(F)cccc1F. The Morgan fingerprint density at radius 2 is 1.94 bits per heavy atom. The van der Waals surface area contributed by atoms with Crippen LogP contribution in [0.25, 0.3) is 0 Å². The highest BCUT2D eigenvalue weighted by molar-refractivity contribution is 5.92. The number of benzene rings is 1. The molecule has 5 heteroatoms. The van der Waals surface area contributed by atoms with Crippen LogP contribution < -0.4 is 10.6 Å². The molecule has 3 nitrogen and oxygen atoms in total. The molecule has 1 rings (SSSR count). The topological polar surface area (TPSA) is 41.1 Å². The Morgan fingerprint density at radius 3 is 2.50 bits per heavy atom. The van der Waals surface area contributed by atoms with Crippen LogP contribution in [0.2, 0.25) is 0 Å². The zero-order valence-corrected chi connectivity index (χ0v) is 10.6. The van der Waals surface area contributed by atoms with Crippen LogP contribution in [0, 0.1) is 17.6 Å². The fourth-order valence-corrected chi connectivity index (χ4v) is 1.38. The lowest BCUT2D eigenvalue weighted by Gasteiger charge is -2.11. The van der Waals surface area contributed by atoms with Gasteiger partial charge in [0.2, 0.25) is 5.91 Å². The summed E-state index contributed by atoms with van der Waals surface area (Å²) in [5, 5.41) is 5.16. The Hall–Kier alpha value is -1.49. The van der Waals surface area contributed by atoms with Crippen LogP contribution in [0.15, 0.2) is 18.2 Å². The molecule has 0 heterocycles. The third kappa shape index (κ3) is 4.41. The van der Waals surface area contributed by atoms with Crippen LogP contribution in [-0.4, -0.2) is 19.0 Å². The van der Waals surface area contributed by atoms with Crippen molar-refractivity contribution in [2.75, 3.05) is 18.4 Å². The fourth-order valence-electron chi connectivity index (χ4n) is 1.38. The molecule has 0 aliphatic rings. The molecule has 18 heavy (non-hydrogen) atoms. The molecular weight excluding hydrogens is 238 g/mol. The monoisotopic (exact) mass is 256 g/mol. The van der Waals surface area contributed by atoms with Gasteiger partial charge in [-0.1, -0.05) is 26.3 Å². The van der Waals surface area contributed by atoms with E-state index in [1.54, 1.807) is 0 Å². The first-order chi connectivity index (χ1) is 8.54. The molecule has 0 saturated heterocycles. The maximum atomic E-state index is 13.2. The smallest absolute Gasteiger partial charge is 0.238 e. The number of halogens is 2. The second kappa shape index (κ2) is 7.06. The summed E-state index contributed by atoms with van der Waals surface area (Å²) < 4.78 is 26.5. The Bertz CT molecular complexity index is 390. The first-order valence-corrected chi connectivity index (χ1v) is 5.99. The van der Waals surface area contributed by atoms with E-state index < -0.39 is 23.2 Å². The Morgan fingerprint density at radius 1 is 1.33 bits per heavy atom. The van der Waals surface area contributed by atoms with E-state index in [9.17, 15) is 13.6 Å². The van der Waals surface area contributed by atoms with Gasteiger partial charge in [-0.2, -0.15) is 0 Å². The fraction of sp³-hybridized carbons (Fsp3) is 0.462. The molecule has 1 unspecified atom stereocenters. The van der Waals surface area contributed by atoms with Gasteiger partial charge in [0.1, 0.15) is 17.3 Å². The molecule has 0 bridgehead atoms. The van der Waals surface area contributed by atoms with E-state index in [-0.39, 0.29) is 6.54 Å². The third-order valence-electron chi connectivity index (χ3n) is 2.70. The van der Waals surface area contributed by atoms with Gasteiger partial charge >= 0.3 is 0 Å². The van der Waals surface area contributed by atoms with Crippen molar-refractivity contribution in [2.24, 2.45) is 5.92 Å². The van der Waals surface area contributed by atoms with Gasteiger partial charge in [0.15, 0.2) is 0 Å².